The van der Waals surface area contributed by atoms with Gasteiger partial charge in [-0.05, 0) is 6.07 Å². The summed E-state index contributed by atoms with van der Waals surface area (Å²) in [5.41, 5.74) is 6.04. The van der Waals surface area contributed by atoms with Gasteiger partial charge < -0.3 is 11.1 Å². The molecular weight excluding hydrogens is 254 g/mol. The van der Waals surface area contributed by atoms with Crippen molar-refractivity contribution in [2.45, 2.75) is 6.54 Å². The number of nitrogens with one attached hydrogen (secondary N) is 1. The molecule has 0 saturated heterocycles. The molecule has 0 aliphatic carbocycles. The van der Waals surface area contributed by atoms with E-state index in [2.05, 4.69) is 10.4 Å². The second-order valence-corrected chi connectivity index (χ2v) is 3.99. The Kier molecular flexibility index (Phi) is 3.46. The molecule has 2 aromatic rings. The van der Waals surface area contributed by atoms with E-state index in [1.807, 2.05) is 0 Å². The van der Waals surface area contributed by atoms with Gasteiger partial charge in [-0.1, -0.05) is 6.07 Å². The van der Waals surface area contributed by atoms with Crippen LogP contribution in [0.15, 0.2) is 24.4 Å². The van der Waals surface area contributed by atoms with Gasteiger partial charge in [0.2, 0.25) is 0 Å². The summed E-state index contributed by atoms with van der Waals surface area (Å²) in [4.78, 5) is 11.8. The van der Waals surface area contributed by atoms with Crippen LogP contribution in [0.2, 0.25) is 0 Å². The van der Waals surface area contributed by atoms with Gasteiger partial charge in [-0.3, -0.25) is 9.48 Å². The van der Waals surface area contributed by atoms with Crippen molar-refractivity contribution in [2.75, 3.05) is 5.73 Å². The quantitative estimate of drug-likeness (QED) is 0.877. The first-order valence-electron chi connectivity index (χ1n) is 5.48. The Hall–Kier alpha value is -2.44. The number of carbonyl (C=O) groups excluding carboxylic acids is 1. The van der Waals surface area contributed by atoms with E-state index in [0.29, 0.717) is 0 Å². The van der Waals surface area contributed by atoms with E-state index < -0.39 is 17.5 Å². The SMILES string of the molecule is Cn1ncc(C(=O)NCc2ccc(F)cc2F)c1N. The van der Waals surface area contributed by atoms with E-state index in [4.69, 9.17) is 5.73 Å². The van der Waals surface area contributed by atoms with E-state index in [1.54, 1.807) is 7.05 Å². The number of halogens is 2. The van der Waals surface area contributed by atoms with Gasteiger partial charge in [-0.15, -0.1) is 0 Å². The standard InChI is InChI=1S/C12H12F2N4O/c1-18-11(15)9(6-17-18)12(19)16-5-7-2-3-8(13)4-10(7)14/h2-4,6H,5,15H2,1H3,(H,16,19). The van der Waals surface area contributed by atoms with Gasteiger partial charge in [0.15, 0.2) is 0 Å². The van der Waals surface area contributed by atoms with Crippen molar-refractivity contribution < 1.29 is 13.6 Å². The van der Waals surface area contributed by atoms with Gasteiger partial charge in [-0.25, -0.2) is 8.78 Å². The molecule has 5 nitrogen and oxygen atoms in total. The maximum atomic E-state index is 13.4. The van der Waals surface area contributed by atoms with Crippen molar-refractivity contribution in [1.82, 2.24) is 15.1 Å². The number of nitrogen functional groups attached to an aromatic ring is 1. The Morgan fingerprint density at radius 1 is 1.47 bits per heavy atom. The third-order valence-electron chi connectivity index (χ3n) is 2.68. The summed E-state index contributed by atoms with van der Waals surface area (Å²) in [6, 6.07) is 3.17. The van der Waals surface area contributed by atoms with Crippen molar-refractivity contribution >= 4 is 11.7 Å². The molecule has 0 atom stereocenters. The normalized spacial score (nSPS) is 10.5. The number of anilines is 1. The molecule has 0 aliphatic heterocycles. The average molecular weight is 266 g/mol. The first kappa shape index (κ1) is 13.0. The molecule has 100 valence electrons. The molecule has 0 bridgehead atoms. The molecule has 1 aromatic carbocycles. The first-order chi connectivity index (χ1) is 8.99. The van der Waals surface area contributed by atoms with Crippen LogP contribution < -0.4 is 11.1 Å². The predicted octanol–water partition coefficient (Wildman–Crippen LogP) is 1.21. The molecule has 19 heavy (non-hydrogen) atoms. The molecule has 0 unspecified atom stereocenters. The van der Waals surface area contributed by atoms with Crippen LogP contribution in [0.3, 0.4) is 0 Å². The fraction of sp³-hybridized carbons (Fsp3) is 0.167. The summed E-state index contributed by atoms with van der Waals surface area (Å²) in [5.74, 6) is -1.62. The third kappa shape index (κ3) is 2.70. The Bertz CT molecular complexity index is 624. The molecule has 0 fully saturated rings. The van der Waals surface area contributed by atoms with Crippen LogP contribution in [-0.2, 0) is 13.6 Å². The van der Waals surface area contributed by atoms with E-state index in [-0.39, 0.29) is 23.5 Å². The average Bonchev–Trinajstić information content (AvgIpc) is 2.69. The molecule has 3 N–H and O–H groups in total. The van der Waals surface area contributed by atoms with Crippen LogP contribution in [0.5, 0.6) is 0 Å². The zero-order valence-electron chi connectivity index (χ0n) is 10.2. The predicted molar refractivity (Wildman–Crippen MR) is 65.1 cm³/mol. The van der Waals surface area contributed by atoms with Crippen molar-refractivity contribution in [3.63, 3.8) is 0 Å². The van der Waals surface area contributed by atoms with Crippen LogP contribution in [0.4, 0.5) is 14.6 Å². The summed E-state index contributed by atoms with van der Waals surface area (Å²) in [6.07, 6.45) is 1.33. The summed E-state index contributed by atoms with van der Waals surface area (Å²) in [7, 11) is 1.60. The van der Waals surface area contributed by atoms with E-state index in [9.17, 15) is 13.6 Å². The van der Waals surface area contributed by atoms with Gasteiger partial charge >= 0.3 is 0 Å². The molecule has 0 spiro atoms. The van der Waals surface area contributed by atoms with E-state index >= 15 is 0 Å². The van der Waals surface area contributed by atoms with Crippen molar-refractivity contribution in [3.8, 4) is 0 Å². The minimum Gasteiger partial charge on any atom is -0.383 e. The lowest BCUT2D eigenvalue weighted by Crippen LogP contribution is -2.24. The smallest absolute Gasteiger partial charge is 0.256 e. The van der Waals surface area contributed by atoms with Crippen LogP contribution in [0, 0.1) is 11.6 Å². The second-order valence-electron chi connectivity index (χ2n) is 3.99. The highest BCUT2D eigenvalue weighted by atomic mass is 19.1. The monoisotopic (exact) mass is 266 g/mol. The molecular formula is C12H12F2N4O. The summed E-state index contributed by atoms with van der Waals surface area (Å²) in [6.45, 7) is -0.0563. The number of nitrogens with two attached hydrogens (primary N) is 1. The van der Waals surface area contributed by atoms with Crippen LogP contribution >= 0.6 is 0 Å². The maximum absolute atomic E-state index is 13.4. The molecule has 1 aromatic heterocycles. The summed E-state index contributed by atoms with van der Waals surface area (Å²) < 4.78 is 27.4. The van der Waals surface area contributed by atoms with Gasteiger partial charge in [-0.2, -0.15) is 5.10 Å². The van der Waals surface area contributed by atoms with Gasteiger partial charge in [0.05, 0.1) is 6.20 Å². The van der Waals surface area contributed by atoms with Crippen LogP contribution in [-0.4, -0.2) is 15.7 Å². The lowest BCUT2D eigenvalue weighted by Gasteiger charge is -2.06. The Labute approximate surface area is 108 Å². The number of carbonyl (C=O) groups is 1. The third-order valence-corrected chi connectivity index (χ3v) is 2.68. The highest BCUT2D eigenvalue weighted by Crippen LogP contribution is 2.11. The zero-order chi connectivity index (χ0) is 14.0. The maximum Gasteiger partial charge on any atom is 0.256 e. The molecule has 2 rings (SSSR count). The molecule has 0 radical (unpaired) electrons. The lowest BCUT2D eigenvalue weighted by molar-refractivity contribution is 0.0951. The summed E-state index contributed by atoms with van der Waals surface area (Å²) >= 11 is 0. The number of hydrogen-bond donors (Lipinski definition) is 2. The van der Waals surface area contributed by atoms with Crippen LogP contribution in [0.25, 0.3) is 0 Å². The lowest BCUT2D eigenvalue weighted by atomic mass is 10.2. The summed E-state index contributed by atoms with van der Waals surface area (Å²) in [5, 5.41) is 6.32. The molecule has 1 heterocycles. The molecule has 0 aliphatic rings. The Morgan fingerprint density at radius 2 is 2.21 bits per heavy atom. The Balaban J connectivity index is 2.06. The molecule has 1 amide bonds. The number of benzene rings is 1. The van der Waals surface area contributed by atoms with Gasteiger partial charge in [0.1, 0.15) is 23.0 Å². The van der Waals surface area contributed by atoms with Crippen molar-refractivity contribution in [3.05, 3.63) is 47.2 Å². The minimum atomic E-state index is -0.709. The second kappa shape index (κ2) is 5.05. The molecule has 0 saturated carbocycles. The largest absolute Gasteiger partial charge is 0.383 e. The minimum absolute atomic E-state index is 0.0563. The Morgan fingerprint density at radius 3 is 2.79 bits per heavy atom. The van der Waals surface area contributed by atoms with Crippen LogP contribution in [0.1, 0.15) is 15.9 Å². The van der Waals surface area contributed by atoms with Gasteiger partial charge in [0.25, 0.3) is 5.91 Å². The number of aryl methyl sites for hydroxylation is 1. The highest BCUT2D eigenvalue weighted by molar-refractivity contribution is 5.98. The van der Waals surface area contributed by atoms with E-state index in [0.717, 1.165) is 12.1 Å². The number of rotatable bonds is 3. The van der Waals surface area contributed by atoms with E-state index in [1.165, 1.54) is 16.9 Å². The first-order valence-corrected chi connectivity index (χ1v) is 5.48. The van der Waals surface area contributed by atoms with Crippen molar-refractivity contribution in [1.29, 1.82) is 0 Å². The highest BCUT2D eigenvalue weighted by Gasteiger charge is 2.14. The van der Waals surface area contributed by atoms with Crippen molar-refractivity contribution in [2.24, 2.45) is 7.05 Å². The zero-order valence-corrected chi connectivity index (χ0v) is 10.2. The number of nitrogens with zero attached hydrogens (tertiary/aromatic N) is 2. The number of amides is 1. The fourth-order valence-corrected chi connectivity index (χ4v) is 1.56. The molecule has 7 heteroatoms. The fourth-order valence-electron chi connectivity index (χ4n) is 1.56. The number of aromatic nitrogens is 2. The number of hydrogen-bond acceptors (Lipinski definition) is 3. The van der Waals surface area contributed by atoms with Gasteiger partial charge in [0, 0.05) is 25.2 Å². The topological polar surface area (TPSA) is 72.9 Å².